The highest BCUT2D eigenvalue weighted by Gasteiger charge is 2.15. The molecule has 29 heavy (non-hydrogen) atoms. The Morgan fingerprint density at radius 2 is 1.86 bits per heavy atom. The predicted octanol–water partition coefficient (Wildman–Crippen LogP) is 1.76. The lowest BCUT2D eigenvalue weighted by molar-refractivity contribution is 0.0951. The highest BCUT2D eigenvalue weighted by Crippen LogP contribution is 2.05. The maximum absolute atomic E-state index is 12.8. The third kappa shape index (κ3) is 5.28. The van der Waals surface area contributed by atoms with Crippen LogP contribution in [-0.2, 0) is 19.4 Å². The summed E-state index contributed by atoms with van der Waals surface area (Å²) < 4.78 is 1.56. The van der Waals surface area contributed by atoms with E-state index in [1.54, 1.807) is 30.7 Å². The Labute approximate surface area is 168 Å². The van der Waals surface area contributed by atoms with Crippen molar-refractivity contribution in [2.24, 2.45) is 0 Å². The molecule has 0 saturated heterocycles. The molecular weight excluding hydrogens is 368 g/mol. The van der Waals surface area contributed by atoms with Gasteiger partial charge in [0, 0.05) is 37.5 Å². The number of hydrogen-bond acceptors (Lipinski definition) is 4. The van der Waals surface area contributed by atoms with E-state index in [0.29, 0.717) is 36.5 Å². The van der Waals surface area contributed by atoms with Gasteiger partial charge in [-0.05, 0) is 37.5 Å². The van der Waals surface area contributed by atoms with Gasteiger partial charge in [-0.2, -0.15) is 0 Å². The first-order chi connectivity index (χ1) is 13.9. The van der Waals surface area contributed by atoms with Gasteiger partial charge in [0.25, 0.3) is 17.0 Å². The average molecular weight is 392 g/mol. The number of nitrogens with zero attached hydrogens (tertiary/aromatic N) is 2. The summed E-state index contributed by atoms with van der Waals surface area (Å²) >= 11 is 0. The number of rotatable bonds is 7. The minimum Gasteiger partial charge on any atom is -0.351 e. The lowest BCUT2D eigenvalue weighted by Gasteiger charge is -2.11. The molecule has 0 bridgehead atoms. The number of aryl methyl sites for hydroxylation is 4. The van der Waals surface area contributed by atoms with Gasteiger partial charge in [-0.3, -0.25) is 14.4 Å². The molecule has 2 N–H and O–H groups in total. The van der Waals surface area contributed by atoms with Crippen LogP contribution in [-0.4, -0.2) is 27.0 Å². The molecule has 0 saturated carbocycles. The number of aromatic amines is 1. The van der Waals surface area contributed by atoms with E-state index in [1.807, 2.05) is 30.3 Å². The Hall–Kier alpha value is -3.48. The van der Waals surface area contributed by atoms with E-state index in [-0.39, 0.29) is 23.2 Å². The van der Waals surface area contributed by atoms with Crippen molar-refractivity contribution in [3.05, 3.63) is 97.6 Å². The van der Waals surface area contributed by atoms with Crippen molar-refractivity contribution in [1.29, 1.82) is 0 Å². The molecule has 150 valence electrons. The van der Waals surface area contributed by atoms with Gasteiger partial charge in [0.1, 0.15) is 11.4 Å². The van der Waals surface area contributed by atoms with Crippen LogP contribution < -0.4 is 16.4 Å². The van der Waals surface area contributed by atoms with Gasteiger partial charge in [-0.15, -0.1) is 0 Å². The highest BCUT2D eigenvalue weighted by molar-refractivity contribution is 5.95. The smallest absolute Gasteiger partial charge is 0.263 e. The summed E-state index contributed by atoms with van der Waals surface area (Å²) in [4.78, 5) is 43.8. The second kappa shape index (κ2) is 9.14. The molecule has 1 amide bonds. The first-order valence-electron chi connectivity index (χ1n) is 9.53. The number of nitrogens with one attached hydrogen (secondary N) is 2. The normalized spacial score (nSPS) is 10.7. The maximum atomic E-state index is 12.8. The van der Waals surface area contributed by atoms with Gasteiger partial charge in [-0.25, -0.2) is 4.98 Å². The number of benzene rings is 1. The van der Waals surface area contributed by atoms with Crippen LogP contribution in [0.25, 0.3) is 0 Å². The van der Waals surface area contributed by atoms with Crippen LogP contribution >= 0.6 is 0 Å². The number of pyridine rings is 1. The van der Waals surface area contributed by atoms with Crippen molar-refractivity contribution in [1.82, 2.24) is 19.9 Å². The van der Waals surface area contributed by atoms with Crippen LogP contribution in [0.5, 0.6) is 0 Å². The number of aromatic nitrogens is 3. The predicted molar refractivity (Wildman–Crippen MR) is 111 cm³/mol. The van der Waals surface area contributed by atoms with E-state index in [9.17, 15) is 14.4 Å². The Balaban J connectivity index is 1.67. The second-order valence-electron chi connectivity index (χ2n) is 6.95. The summed E-state index contributed by atoms with van der Waals surface area (Å²) in [5, 5.41) is 2.75. The molecule has 0 fully saturated rings. The van der Waals surface area contributed by atoms with Crippen LogP contribution in [0.3, 0.4) is 0 Å². The number of amides is 1. The van der Waals surface area contributed by atoms with Gasteiger partial charge in [0.2, 0.25) is 0 Å². The molecule has 7 heteroatoms. The molecule has 0 unspecified atom stereocenters. The van der Waals surface area contributed by atoms with E-state index in [1.165, 1.54) is 6.07 Å². The van der Waals surface area contributed by atoms with E-state index in [4.69, 9.17) is 0 Å². The molecule has 2 aromatic heterocycles. The van der Waals surface area contributed by atoms with Gasteiger partial charge < -0.3 is 14.9 Å². The Morgan fingerprint density at radius 1 is 1.10 bits per heavy atom. The molecule has 0 radical (unpaired) electrons. The van der Waals surface area contributed by atoms with E-state index >= 15 is 0 Å². The molecule has 3 aromatic rings. The molecule has 7 nitrogen and oxygen atoms in total. The number of carbonyl (C=O) groups is 1. The van der Waals surface area contributed by atoms with Gasteiger partial charge in [0.05, 0.1) is 0 Å². The standard InChI is InChI=1S/C22H24N4O3/c1-15-9-12-26(13-10-17-6-4-3-5-7-17)22(29)20(15)21(28)23-11-8-18-24-16(2)14-19(27)25-18/h3-7,9,12,14H,8,10-11,13H2,1-2H3,(H,23,28)(H,24,25,27). The summed E-state index contributed by atoms with van der Waals surface area (Å²) in [7, 11) is 0. The molecular formula is C22H24N4O3. The Kier molecular flexibility index (Phi) is 6.39. The minimum absolute atomic E-state index is 0.145. The number of hydrogen-bond donors (Lipinski definition) is 2. The van der Waals surface area contributed by atoms with Crippen LogP contribution in [0.4, 0.5) is 0 Å². The zero-order chi connectivity index (χ0) is 20.8. The topological polar surface area (TPSA) is 96.9 Å². The zero-order valence-electron chi connectivity index (χ0n) is 16.6. The summed E-state index contributed by atoms with van der Waals surface area (Å²) in [6, 6.07) is 13.1. The molecule has 0 spiro atoms. The minimum atomic E-state index is -0.420. The third-order valence-corrected chi connectivity index (χ3v) is 4.65. The fraction of sp³-hybridized carbons (Fsp3) is 0.273. The van der Waals surface area contributed by atoms with Crippen molar-refractivity contribution in [2.75, 3.05) is 6.54 Å². The van der Waals surface area contributed by atoms with Crippen molar-refractivity contribution in [3.63, 3.8) is 0 Å². The fourth-order valence-corrected chi connectivity index (χ4v) is 3.15. The van der Waals surface area contributed by atoms with E-state index < -0.39 is 5.91 Å². The first kappa shape index (κ1) is 20.3. The van der Waals surface area contributed by atoms with Crippen molar-refractivity contribution >= 4 is 5.91 Å². The maximum Gasteiger partial charge on any atom is 0.263 e. The van der Waals surface area contributed by atoms with Crippen LogP contribution in [0, 0.1) is 13.8 Å². The van der Waals surface area contributed by atoms with Crippen LogP contribution in [0.2, 0.25) is 0 Å². The zero-order valence-corrected chi connectivity index (χ0v) is 16.6. The molecule has 0 aliphatic carbocycles. The largest absolute Gasteiger partial charge is 0.351 e. The third-order valence-electron chi connectivity index (χ3n) is 4.65. The molecule has 3 rings (SSSR count). The summed E-state index contributed by atoms with van der Waals surface area (Å²) in [5.41, 5.74) is 2.00. The van der Waals surface area contributed by atoms with Gasteiger partial charge in [0.15, 0.2) is 0 Å². The molecule has 0 aliphatic heterocycles. The van der Waals surface area contributed by atoms with Crippen molar-refractivity contribution < 1.29 is 4.79 Å². The van der Waals surface area contributed by atoms with E-state index in [0.717, 1.165) is 5.56 Å². The lowest BCUT2D eigenvalue weighted by atomic mass is 10.1. The SMILES string of the molecule is Cc1cc(=O)[nH]c(CCNC(=O)c2c(C)ccn(CCc3ccccc3)c2=O)n1. The summed E-state index contributed by atoms with van der Waals surface area (Å²) in [5.74, 6) is 0.0805. The average Bonchev–Trinajstić information content (AvgIpc) is 2.67. The van der Waals surface area contributed by atoms with E-state index in [2.05, 4.69) is 15.3 Å². The fourth-order valence-electron chi connectivity index (χ4n) is 3.15. The highest BCUT2D eigenvalue weighted by atomic mass is 16.2. The monoisotopic (exact) mass is 392 g/mol. The Bertz CT molecular complexity index is 1120. The van der Waals surface area contributed by atoms with Crippen LogP contribution in [0.15, 0.2) is 58.3 Å². The quantitative estimate of drug-likeness (QED) is 0.640. The number of H-pyrrole nitrogens is 1. The Morgan fingerprint density at radius 3 is 2.59 bits per heavy atom. The van der Waals surface area contributed by atoms with Gasteiger partial charge in [-0.1, -0.05) is 30.3 Å². The van der Waals surface area contributed by atoms with Gasteiger partial charge >= 0.3 is 0 Å². The van der Waals surface area contributed by atoms with Crippen LogP contribution in [0.1, 0.15) is 33.0 Å². The summed E-state index contributed by atoms with van der Waals surface area (Å²) in [6.45, 7) is 4.25. The van der Waals surface area contributed by atoms with Crippen molar-refractivity contribution in [3.8, 4) is 0 Å². The second-order valence-corrected chi connectivity index (χ2v) is 6.95. The lowest BCUT2D eigenvalue weighted by Crippen LogP contribution is -2.35. The molecule has 1 aromatic carbocycles. The number of carbonyl (C=O) groups excluding carboxylic acids is 1. The summed E-state index contributed by atoms with van der Waals surface area (Å²) in [6.07, 6.45) is 2.80. The van der Waals surface area contributed by atoms with Crippen molar-refractivity contribution in [2.45, 2.75) is 33.2 Å². The molecule has 2 heterocycles. The molecule has 0 atom stereocenters. The molecule has 0 aliphatic rings. The first-order valence-corrected chi connectivity index (χ1v) is 9.53.